The second-order valence-corrected chi connectivity index (χ2v) is 4.22. The summed E-state index contributed by atoms with van der Waals surface area (Å²) >= 11 is 1.74. The second kappa shape index (κ2) is 6.55. The van der Waals surface area contributed by atoms with Crippen molar-refractivity contribution in [2.45, 2.75) is 13.5 Å². The summed E-state index contributed by atoms with van der Waals surface area (Å²) in [6.45, 7) is 4.18. The van der Waals surface area contributed by atoms with Crippen LogP contribution < -0.4 is 11.1 Å². The van der Waals surface area contributed by atoms with Gasteiger partial charge in [0.1, 0.15) is 6.61 Å². The fourth-order valence-electron chi connectivity index (χ4n) is 1.10. The molecule has 1 amide bonds. The lowest BCUT2D eigenvalue weighted by molar-refractivity contribution is -0.122. The fraction of sp³-hybridized carbons (Fsp3) is 0.500. The van der Waals surface area contributed by atoms with Crippen LogP contribution in [-0.4, -0.2) is 25.7 Å². The fourth-order valence-corrected chi connectivity index (χ4v) is 1.98. The van der Waals surface area contributed by atoms with Crippen molar-refractivity contribution >= 4 is 17.2 Å². The van der Waals surface area contributed by atoms with Crippen molar-refractivity contribution in [3.8, 4) is 0 Å². The van der Waals surface area contributed by atoms with Crippen molar-refractivity contribution in [1.82, 2.24) is 5.32 Å². The van der Waals surface area contributed by atoms with E-state index in [0.29, 0.717) is 6.61 Å². The molecule has 0 saturated carbocycles. The Morgan fingerprint density at radius 1 is 1.67 bits per heavy atom. The predicted octanol–water partition coefficient (Wildman–Crippen LogP) is 0.648. The molecule has 1 aromatic rings. The number of hydrogen-bond donors (Lipinski definition) is 2. The summed E-state index contributed by atoms with van der Waals surface area (Å²) in [4.78, 5) is 11.7. The Bertz CT molecular complexity index is 312. The maximum absolute atomic E-state index is 10.3. The molecular weight excluding hydrogens is 212 g/mol. The van der Waals surface area contributed by atoms with Crippen molar-refractivity contribution in [2.75, 3.05) is 19.8 Å². The van der Waals surface area contributed by atoms with E-state index in [1.807, 2.05) is 0 Å². The number of hydrogen-bond acceptors (Lipinski definition) is 4. The zero-order valence-corrected chi connectivity index (χ0v) is 9.60. The average molecular weight is 228 g/mol. The zero-order valence-electron chi connectivity index (χ0n) is 8.79. The molecule has 4 nitrogen and oxygen atoms in total. The molecule has 1 rings (SSSR count). The molecule has 0 spiro atoms. The lowest BCUT2D eigenvalue weighted by Gasteiger charge is -2.04. The van der Waals surface area contributed by atoms with Gasteiger partial charge >= 0.3 is 0 Å². The maximum atomic E-state index is 10.3. The van der Waals surface area contributed by atoms with Gasteiger partial charge in [-0.3, -0.25) is 4.79 Å². The van der Waals surface area contributed by atoms with Gasteiger partial charge in [0.25, 0.3) is 0 Å². The van der Waals surface area contributed by atoms with Crippen LogP contribution in [0.15, 0.2) is 11.4 Å². The van der Waals surface area contributed by atoms with Crippen molar-refractivity contribution in [2.24, 2.45) is 5.73 Å². The van der Waals surface area contributed by atoms with Crippen LogP contribution in [0.2, 0.25) is 0 Å². The monoisotopic (exact) mass is 228 g/mol. The molecule has 0 unspecified atom stereocenters. The van der Waals surface area contributed by atoms with Crippen LogP contribution in [-0.2, 0) is 16.1 Å². The number of carbonyl (C=O) groups is 1. The van der Waals surface area contributed by atoms with E-state index >= 15 is 0 Å². The first-order valence-electron chi connectivity index (χ1n) is 4.80. The van der Waals surface area contributed by atoms with Crippen LogP contribution in [0.1, 0.15) is 10.4 Å². The highest BCUT2D eigenvalue weighted by molar-refractivity contribution is 7.10. The van der Waals surface area contributed by atoms with Crippen molar-refractivity contribution < 1.29 is 9.53 Å². The number of nitrogens with one attached hydrogen (secondary N) is 1. The first-order valence-corrected chi connectivity index (χ1v) is 5.68. The Balaban J connectivity index is 2.03. The first kappa shape index (κ1) is 12.2. The highest BCUT2D eigenvalue weighted by atomic mass is 32.1. The number of primary amides is 1. The molecule has 84 valence electrons. The summed E-state index contributed by atoms with van der Waals surface area (Å²) in [6, 6.07) is 2.10. The van der Waals surface area contributed by atoms with Crippen LogP contribution in [0.4, 0.5) is 0 Å². The van der Waals surface area contributed by atoms with Gasteiger partial charge in [-0.15, -0.1) is 11.3 Å². The summed E-state index contributed by atoms with van der Waals surface area (Å²) < 4.78 is 5.01. The van der Waals surface area contributed by atoms with E-state index in [2.05, 4.69) is 23.7 Å². The topological polar surface area (TPSA) is 64.3 Å². The molecule has 0 aliphatic heterocycles. The largest absolute Gasteiger partial charge is 0.370 e. The van der Waals surface area contributed by atoms with E-state index in [0.717, 1.165) is 13.1 Å². The molecule has 1 heterocycles. The van der Waals surface area contributed by atoms with Gasteiger partial charge in [-0.1, -0.05) is 0 Å². The highest BCUT2D eigenvalue weighted by Crippen LogP contribution is 2.14. The van der Waals surface area contributed by atoms with Gasteiger partial charge in [-0.25, -0.2) is 0 Å². The summed E-state index contributed by atoms with van der Waals surface area (Å²) in [5.41, 5.74) is 6.23. The van der Waals surface area contributed by atoms with Crippen LogP contribution in [0.5, 0.6) is 0 Å². The van der Waals surface area contributed by atoms with E-state index in [9.17, 15) is 4.79 Å². The van der Waals surface area contributed by atoms with Crippen LogP contribution in [0.3, 0.4) is 0 Å². The SMILES string of the molecule is Cc1ccsc1CNCCOCC(N)=O. The maximum Gasteiger partial charge on any atom is 0.243 e. The van der Waals surface area contributed by atoms with E-state index in [4.69, 9.17) is 10.5 Å². The minimum absolute atomic E-state index is 0.000288. The Kier molecular flexibility index (Phi) is 5.31. The number of carbonyl (C=O) groups excluding carboxylic acids is 1. The van der Waals surface area contributed by atoms with Gasteiger partial charge in [-0.05, 0) is 23.9 Å². The van der Waals surface area contributed by atoms with Gasteiger partial charge in [0.05, 0.1) is 6.61 Å². The Labute approximate surface area is 93.4 Å². The Morgan fingerprint density at radius 2 is 2.47 bits per heavy atom. The molecule has 0 atom stereocenters. The number of ether oxygens (including phenoxy) is 1. The molecule has 0 aliphatic carbocycles. The van der Waals surface area contributed by atoms with Gasteiger partial charge in [-0.2, -0.15) is 0 Å². The van der Waals surface area contributed by atoms with Crippen LogP contribution in [0.25, 0.3) is 0 Å². The third-order valence-electron chi connectivity index (χ3n) is 1.92. The Hall–Kier alpha value is -0.910. The quantitative estimate of drug-likeness (QED) is 0.673. The zero-order chi connectivity index (χ0) is 11.1. The molecule has 0 radical (unpaired) electrons. The Morgan fingerprint density at radius 3 is 3.07 bits per heavy atom. The minimum Gasteiger partial charge on any atom is -0.370 e. The number of nitrogens with two attached hydrogens (primary N) is 1. The molecule has 1 aromatic heterocycles. The van der Waals surface area contributed by atoms with Gasteiger partial charge in [0.2, 0.25) is 5.91 Å². The third kappa shape index (κ3) is 4.92. The van der Waals surface area contributed by atoms with Crippen molar-refractivity contribution in [1.29, 1.82) is 0 Å². The summed E-state index contributed by atoms with van der Waals surface area (Å²) in [6.07, 6.45) is 0. The lowest BCUT2D eigenvalue weighted by atomic mass is 10.3. The molecule has 5 heteroatoms. The number of thiophene rings is 1. The van der Waals surface area contributed by atoms with Gasteiger partial charge in [0, 0.05) is 18.0 Å². The summed E-state index contributed by atoms with van der Waals surface area (Å²) in [5.74, 6) is -0.427. The van der Waals surface area contributed by atoms with E-state index in [1.165, 1.54) is 10.4 Å². The smallest absolute Gasteiger partial charge is 0.243 e. The van der Waals surface area contributed by atoms with Crippen LogP contribution >= 0.6 is 11.3 Å². The molecule has 0 saturated heterocycles. The average Bonchev–Trinajstić information content (AvgIpc) is 2.57. The highest BCUT2D eigenvalue weighted by Gasteiger charge is 1.98. The third-order valence-corrected chi connectivity index (χ3v) is 2.94. The predicted molar refractivity (Wildman–Crippen MR) is 60.8 cm³/mol. The van der Waals surface area contributed by atoms with Crippen LogP contribution in [0, 0.1) is 6.92 Å². The molecule has 0 bridgehead atoms. The second-order valence-electron chi connectivity index (χ2n) is 3.22. The number of aryl methyl sites for hydroxylation is 1. The number of amides is 1. The molecule has 0 aromatic carbocycles. The van der Waals surface area contributed by atoms with Crippen molar-refractivity contribution in [3.63, 3.8) is 0 Å². The van der Waals surface area contributed by atoms with Crippen molar-refractivity contribution in [3.05, 3.63) is 21.9 Å². The standard InChI is InChI=1S/C10H16N2O2S/c1-8-2-5-15-9(8)6-12-3-4-14-7-10(11)13/h2,5,12H,3-4,6-7H2,1H3,(H2,11,13). The first-order chi connectivity index (χ1) is 7.20. The molecule has 0 aliphatic rings. The summed E-state index contributed by atoms with van der Waals surface area (Å²) in [5, 5.41) is 5.31. The lowest BCUT2D eigenvalue weighted by Crippen LogP contribution is -2.23. The van der Waals surface area contributed by atoms with E-state index in [-0.39, 0.29) is 6.61 Å². The molecular formula is C10H16N2O2S. The van der Waals surface area contributed by atoms with Gasteiger partial charge < -0.3 is 15.8 Å². The molecule has 3 N–H and O–H groups in total. The minimum atomic E-state index is -0.427. The van der Waals surface area contributed by atoms with E-state index < -0.39 is 5.91 Å². The van der Waals surface area contributed by atoms with Gasteiger partial charge in [0.15, 0.2) is 0 Å². The summed E-state index contributed by atoms with van der Waals surface area (Å²) in [7, 11) is 0. The normalized spacial score (nSPS) is 10.5. The molecule has 15 heavy (non-hydrogen) atoms. The number of rotatable bonds is 7. The van der Waals surface area contributed by atoms with E-state index in [1.54, 1.807) is 11.3 Å². The molecule has 0 fully saturated rings.